The number of likely N-dealkylation sites (N-methyl/N-ethyl adjacent to an activating group) is 1. The van der Waals surface area contributed by atoms with Crippen LogP contribution in [0.15, 0.2) is 18.2 Å². The van der Waals surface area contributed by atoms with Gasteiger partial charge in [0.25, 0.3) is 0 Å². The van der Waals surface area contributed by atoms with E-state index in [1.54, 1.807) is 18.0 Å². The van der Waals surface area contributed by atoms with Crippen molar-refractivity contribution >= 4 is 29.1 Å². The van der Waals surface area contributed by atoms with Gasteiger partial charge in [0.2, 0.25) is 5.91 Å². The summed E-state index contributed by atoms with van der Waals surface area (Å²) < 4.78 is 0. The van der Waals surface area contributed by atoms with E-state index in [2.05, 4.69) is 0 Å². The minimum Gasteiger partial charge on any atom is -0.395 e. The summed E-state index contributed by atoms with van der Waals surface area (Å²) in [7, 11) is 1.70. The molecule has 3 nitrogen and oxygen atoms in total. The number of nitrogens with zero attached hydrogens (tertiary/aromatic N) is 1. The second-order valence-corrected chi connectivity index (χ2v) is 5.36. The first kappa shape index (κ1) is 13.7. The largest absolute Gasteiger partial charge is 0.395 e. The van der Waals surface area contributed by atoms with Crippen LogP contribution < -0.4 is 0 Å². The highest BCUT2D eigenvalue weighted by Crippen LogP contribution is 2.51. The number of aliphatic hydroxyl groups excluding tert-OH is 1. The van der Waals surface area contributed by atoms with Crippen molar-refractivity contribution in [3.8, 4) is 0 Å². The van der Waals surface area contributed by atoms with E-state index in [0.717, 1.165) is 12.0 Å². The fourth-order valence-electron chi connectivity index (χ4n) is 2.16. The van der Waals surface area contributed by atoms with Crippen molar-refractivity contribution in [1.29, 1.82) is 0 Å². The van der Waals surface area contributed by atoms with Gasteiger partial charge in [-0.3, -0.25) is 4.79 Å². The van der Waals surface area contributed by atoms with E-state index in [4.69, 9.17) is 28.3 Å². The SMILES string of the molecule is CN(CCO)C(=O)C1CC1c1cccc(Cl)c1Cl. The quantitative estimate of drug-likeness (QED) is 0.925. The van der Waals surface area contributed by atoms with Crippen molar-refractivity contribution in [1.82, 2.24) is 4.90 Å². The molecule has 1 N–H and O–H groups in total. The van der Waals surface area contributed by atoms with Crippen LogP contribution in [-0.4, -0.2) is 36.1 Å². The van der Waals surface area contributed by atoms with Crippen LogP contribution in [-0.2, 0) is 4.79 Å². The lowest BCUT2D eigenvalue weighted by atomic mass is 10.1. The summed E-state index contributed by atoms with van der Waals surface area (Å²) in [5.74, 6) is 0.187. The predicted molar refractivity (Wildman–Crippen MR) is 72.0 cm³/mol. The molecule has 0 heterocycles. The van der Waals surface area contributed by atoms with Gasteiger partial charge < -0.3 is 10.0 Å². The first-order chi connectivity index (χ1) is 8.56. The van der Waals surface area contributed by atoms with Gasteiger partial charge in [-0.1, -0.05) is 35.3 Å². The van der Waals surface area contributed by atoms with Gasteiger partial charge in [-0.05, 0) is 24.0 Å². The number of rotatable bonds is 4. The molecule has 0 radical (unpaired) electrons. The third kappa shape index (κ3) is 2.63. The highest BCUT2D eigenvalue weighted by Gasteiger charge is 2.46. The molecule has 1 aromatic rings. The third-order valence-corrected chi connectivity index (χ3v) is 4.13. The molecule has 1 aliphatic carbocycles. The van der Waals surface area contributed by atoms with Crippen LogP contribution in [0.5, 0.6) is 0 Å². The predicted octanol–water partition coefficient (Wildman–Crippen LogP) is 2.55. The number of hydrogen-bond donors (Lipinski definition) is 1. The highest BCUT2D eigenvalue weighted by molar-refractivity contribution is 6.42. The number of benzene rings is 1. The number of carbonyl (C=O) groups excluding carboxylic acids is 1. The van der Waals surface area contributed by atoms with Crippen molar-refractivity contribution in [2.24, 2.45) is 5.92 Å². The molecule has 98 valence electrons. The summed E-state index contributed by atoms with van der Waals surface area (Å²) in [6.07, 6.45) is 0.800. The van der Waals surface area contributed by atoms with Crippen molar-refractivity contribution in [3.63, 3.8) is 0 Å². The summed E-state index contributed by atoms with van der Waals surface area (Å²) in [5, 5.41) is 9.89. The molecule has 1 fully saturated rings. The molecule has 0 aromatic heterocycles. The lowest BCUT2D eigenvalue weighted by Crippen LogP contribution is -2.31. The molecular weight excluding hydrogens is 273 g/mol. The zero-order valence-electron chi connectivity index (χ0n) is 10.1. The number of halogens is 2. The van der Waals surface area contributed by atoms with E-state index in [1.165, 1.54) is 0 Å². The molecule has 18 heavy (non-hydrogen) atoms. The first-order valence-corrected chi connectivity index (χ1v) is 6.61. The van der Waals surface area contributed by atoms with E-state index in [9.17, 15) is 4.79 Å². The Labute approximate surface area is 116 Å². The Balaban J connectivity index is 2.07. The summed E-state index contributed by atoms with van der Waals surface area (Å²) in [4.78, 5) is 13.6. The van der Waals surface area contributed by atoms with Crippen LogP contribution in [0.3, 0.4) is 0 Å². The normalized spacial score (nSPS) is 21.8. The van der Waals surface area contributed by atoms with Crippen LogP contribution in [0.2, 0.25) is 10.0 Å². The Kier molecular flexibility index (Phi) is 4.15. The molecule has 0 bridgehead atoms. The summed E-state index contributed by atoms with van der Waals surface area (Å²) >= 11 is 12.1. The summed E-state index contributed by atoms with van der Waals surface area (Å²) in [6, 6.07) is 5.50. The van der Waals surface area contributed by atoms with E-state index < -0.39 is 0 Å². The molecule has 1 saturated carbocycles. The maximum Gasteiger partial charge on any atom is 0.226 e. The van der Waals surface area contributed by atoms with E-state index in [1.807, 2.05) is 12.1 Å². The monoisotopic (exact) mass is 287 g/mol. The van der Waals surface area contributed by atoms with Crippen molar-refractivity contribution in [2.45, 2.75) is 12.3 Å². The Morgan fingerprint density at radius 2 is 2.22 bits per heavy atom. The average molecular weight is 288 g/mol. The summed E-state index contributed by atoms with van der Waals surface area (Å²) in [6.45, 7) is 0.350. The van der Waals surface area contributed by atoms with Gasteiger partial charge in [-0.15, -0.1) is 0 Å². The van der Waals surface area contributed by atoms with Crippen molar-refractivity contribution < 1.29 is 9.90 Å². The van der Waals surface area contributed by atoms with E-state index >= 15 is 0 Å². The zero-order chi connectivity index (χ0) is 13.3. The van der Waals surface area contributed by atoms with Crippen LogP contribution in [0.4, 0.5) is 0 Å². The van der Waals surface area contributed by atoms with Gasteiger partial charge in [0.1, 0.15) is 0 Å². The van der Waals surface area contributed by atoms with Gasteiger partial charge in [-0.2, -0.15) is 0 Å². The first-order valence-electron chi connectivity index (χ1n) is 5.86. The van der Waals surface area contributed by atoms with Crippen molar-refractivity contribution in [2.75, 3.05) is 20.2 Å². The highest BCUT2D eigenvalue weighted by atomic mass is 35.5. The Hall–Kier alpha value is -0.770. The zero-order valence-corrected chi connectivity index (χ0v) is 11.6. The number of carbonyl (C=O) groups is 1. The molecule has 2 rings (SSSR count). The lowest BCUT2D eigenvalue weighted by molar-refractivity contribution is -0.131. The van der Waals surface area contributed by atoms with Crippen LogP contribution >= 0.6 is 23.2 Å². The van der Waals surface area contributed by atoms with E-state index in [-0.39, 0.29) is 24.3 Å². The fraction of sp³-hybridized carbons (Fsp3) is 0.462. The van der Waals surface area contributed by atoms with Crippen LogP contribution in [0, 0.1) is 5.92 Å². The van der Waals surface area contributed by atoms with Gasteiger partial charge in [0.15, 0.2) is 0 Å². The molecule has 0 saturated heterocycles. The Morgan fingerprint density at radius 3 is 2.89 bits per heavy atom. The molecule has 1 amide bonds. The maximum atomic E-state index is 12.0. The molecule has 2 unspecified atom stereocenters. The molecule has 1 aliphatic rings. The van der Waals surface area contributed by atoms with Crippen molar-refractivity contribution in [3.05, 3.63) is 33.8 Å². The lowest BCUT2D eigenvalue weighted by Gasteiger charge is -2.15. The smallest absolute Gasteiger partial charge is 0.226 e. The second-order valence-electron chi connectivity index (χ2n) is 4.58. The van der Waals surface area contributed by atoms with Crippen LogP contribution in [0.25, 0.3) is 0 Å². The van der Waals surface area contributed by atoms with E-state index in [0.29, 0.717) is 16.6 Å². The van der Waals surface area contributed by atoms with Gasteiger partial charge in [0.05, 0.1) is 16.7 Å². The molecular formula is C13H15Cl2NO2. The molecule has 0 aliphatic heterocycles. The maximum absolute atomic E-state index is 12.0. The average Bonchev–Trinajstić information content (AvgIpc) is 3.12. The van der Waals surface area contributed by atoms with Gasteiger partial charge in [0, 0.05) is 19.5 Å². The van der Waals surface area contributed by atoms with Crippen LogP contribution in [0.1, 0.15) is 17.9 Å². The number of hydrogen-bond acceptors (Lipinski definition) is 2. The summed E-state index contributed by atoms with van der Waals surface area (Å²) in [5.41, 5.74) is 0.944. The van der Waals surface area contributed by atoms with Gasteiger partial charge >= 0.3 is 0 Å². The molecule has 2 atom stereocenters. The topological polar surface area (TPSA) is 40.5 Å². The van der Waals surface area contributed by atoms with Gasteiger partial charge in [-0.25, -0.2) is 0 Å². The number of aliphatic hydroxyl groups is 1. The third-order valence-electron chi connectivity index (χ3n) is 3.30. The standard InChI is InChI=1S/C13H15Cl2NO2/c1-16(5-6-17)13(18)10-7-9(10)8-3-2-4-11(14)12(8)15/h2-4,9-10,17H,5-7H2,1H3. The minimum absolute atomic E-state index is 0.0163. The molecule has 0 spiro atoms. The Bertz CT molecular complexity index is 464. The fourth-order valence-corrected chi connectivity index (χ4v) is 2.61. The molecule has 1 aromatic carbocycles. The second kappa shape index (κ2) is 5.47. The molecule has 5 heteroatoms. The Morgan fingerprint density at radius 1 is 1.50 bits per heavy atom. The minimum atomic E-state index is -0.0301. The number of amides is 1.